The number of hydrogen-bond donors (Lipinski definition) is 0. The van der Waals surface area contributed by atoms with Crippen LogP contribution in [0.2, 0.25) is 0 Å². The first-order valence-corrected chi connectivity index (χ1v) is 7.86. The number of nitrogens with zero attached hydrogens (tertiary/aromatic N) is 2. The highest BCUT2D eigenvalue weighted by molar-refractivity contribution is 5.47. The van der Waals surface area contributed by atoms with E-state index in [0.717, 1.165) is 11.3 Å². The molecule has 1 aliphatic heterocycles. The molecule has 134 valence electrons. The maximum Gasteiger partial charge on any atom is 0.573 e. The van der Waals surface area contributed by atoms with Gasteiger partial charge in [-0.1, -0.05) is 12.1 Å². The van der Waals surface area contributed by atoms with Crippen molar-refractivity contribution in [1.82, 2.24) is 9.88 Å². The number of pyridine rings is 1. The monoisotopic (exact) mass is 352 g/mol. The van der Waals surface area contributed by atoms with E-state index in [-0.39, 0.29) is 5.75 Å². The van der Waals surface area contributed by atoms with Crippen LogP contribution in [0.1, 0.15) is 23.2 Å². The SMILES string of the molecule is Cc1cc(C2(N(C)C)CCOc3cccnc32)ccc1OC(F)(F)F. The topological polar surface area (TPSA) is 34.6 Å². The number of ether oxygens (including phenoxy) is 2. The largest absolute Gasteiger partial charge is 0.573 e. The Balaban J connectivity index is 2.11. The van der Waals surface area contributed by atoms with Gasteiger partial charge in [0, 0.05) is 12.6 Å². The van der Waals surface area contributed by atoms with Crippen LogP contribution in [-0.2, 0) is 5.54 Å². The molecule has 2 aromatic rings. The highest BCUT2D eigenvalue weighted by Gasteiger charge is 2.43. The maximum atomic E-state index is 12.5. The van der Waals surface area contributed by atoms with Crippen LogP contribution in [0.15, 0.2) is 36.5 Å². The van der Waals surface area contributed by atoms with Crippen molar-refractivity contribution in [1.29, 1.82) is 0 Å². The van der Waals surface area contributed by atoms with Crippen LogP contribution in [0.4, 0.5) is 13.2 Å². The fourth-order valence-electron chi connectivity index (χ4n) is 3.37. The minimum absolute atomic E-state index is 0.196. The smallest absolute Gasteiger partial charge is 0.491 e. The third kappa shape index (κ3) is 3.16. The van der Waals surface area contributed by atoms with Crippen molar-refractivity contribution in [3.63, 3.8) is 0 Å². The Morgan fingerprint density at radius 3 is 2.64 bits per heavy atom. The molecular formula is C18H19F3N2O2. The minimum atomic E-state index is -4.71. The number of benzene rings is 1. The molecule has 4 nitrogen and oxygen atoms in total. The fourth-order valence-corrected chi connectivity index (χ4v) is 3.37. The molecule has 1 aromatic carbocycles. The predicted octanol–water partition coefficient (Wildman–Crippen LogP) is 3.88. The minimum Gasteiger partial charge on any atom is -0.491 e. The molecule has 0 saturated carbocycles. The predicted molar refractivity (Wildman–Crippen MR) is 86.7 cm³/mol. The number of rotatable bonds is 3. The molecule has 7 heteroatoms. The van der Waals surface area contributed by atoms with Crippen molar-refractivity contribution in [2.24, 2.45) is 0 Å². The van der Waals surface area contributed by atoms with Crippen LogP contribution in [-0.4, -0.2) is 36.9 Å². The number of aromatic nitrogens is 1. The molecule has 2 heterocycles. The van der Waals surface area contributed by atoms with E-state index < -0.39 is 11.9 Å². The van der Waals surface area contributed by atoms with Gasteiger partial charge in [0.1, 0.15) is 17.2 Å². The lowest BCUT2D eigenvalue weighted by Gasteiger charge is -2.43. The molecule has 0 fully saturated rings. The lowest BCUT2D eigenvalue weighted by Crippen LogP contribution is -2.46. The van der Waals surface area contributed by atoms with Crippen LogP contribution < -0.4 is 9.47 Å². The molecule has 0 aliphatic carbocycles. The summed E-state index contributed by atoms with van der Waals surface area (Å²) in [5.41, 5.74) is 1.46. The Labute approximate surface area is 144 Å². The van der Waals surface area contributed by atoms with Crippen molar-refractivity contribution in [3.8, 4) is 11.5 Å². The molecule has 0 bridgehead atoms. The molecule has 0 N–H and O–H groups in total. The van der Waals surface area contributed by atoms with E-state index in [0.29, 0.717) is 24.3 Å². The summed E-state index contributed by atoms with van der Waals surface area (Å²) in [6.45, 7) is 2.10. The molecule has 0 radical (unpaired) electrons. The second-order valence-corrected chi connectivity index (χ2v) is 6.23. The second kappa shape index (κ2) is 6.22. The van der Waals surface area contributed by atoms with Gasteiger partial charge in [0.05, 0.1) is 12.1 Å². The first kappa shape index (κ1) is 17.5. The Kier molecular flexibility index (Phi) is 4.36. The van der Waals surface area contributed by atoms with Gasteiger partial charge in [-0.3, -0.25) is 9.88 Å². The first-order valence-electron chi connectivity index (χ1n) is 7.86. The van der Waals surface area contributed by atoms with E-state index in [1.54, 1.807) is 31.3 Å². The molecule has 0 saturated heterocycles. The molecule has 1 aromatic heterocycles. The highest BCUT2D eigenvalue weighted by atomic mass is 19.4. The van der Waals surface area contributed by atoms with Gasteiger partial charge in [-0.2, -0.15) is 0 Å². The van der Waals surface area contributed by atoms with E-state index in [1.165, 1.54) is 6.07 Å². The van der Waals surface area contributed by atoms with E-state index in [9.17, 15) is 13.2 Å². The number of hydrogen-bond acceptors (Lipinski definition) is 4. The van der Waals surface area contributed by atoms with Crippen molar-refractivity contribution >= 4 is 0 Å². The Bertz CT molecular complexity index is 777. The average Bonchev–Trinajstić information content (AvgIpc) is 2.54. The quantitative estimate of drug-likeness (QED) is 0.840. The Morgan fingerprint density at radius 1 is 1.24 bits per heavy atom. The lowest BCUT2D eigenvalue weighted by molar-refractivity contribution is -0.274. The molecule has 1 aliphatic rings. The standard InChI is InChI=1S/C18H19F3N2O2/c1-12-11-13(6-7-14(12)25-18(19,20)21)17(23(2)3)8-10-24-15-5-4-9-22-16(15)17/h4-7,9,11H,8,10H2,1-3H3. The van der Waals surface area contributed by atoms with E-state index in [4.69, 9.17) is 4.74 Å². The summed E-state index contributed by atoms with van der Waals surface area (Å²) < 4.78 is 47.4. The van der Waals surface area contributed by atoms with Gasteiger partial charge in [0.25, 0.3) is 0 Å². The van der Waals surface area contributed by atoms with E-state index >= 15 is 0 Å². The molecule has 0 amide bonds. The zero-order valence-corrected chi connectivity index (χ0v) is 14.2. The summed E-state index contributed by atoms with van der Waals surface area (Å²) in [4.78, 5) is 6.53. The van der Waals surface area contributed by atoms with Gasteiger partial charge < -0.3 is 9.47 Å². The van der Waals surface area contributed by atoms with Crippen LogP contribution in [0.3, 0.4) is 0 Å². The van der Waals surface area contributed by atoms with Crippen LogP contribution >= 0.6 is 0 Å². The van der Waals surface area contributed by atoms with Crippen molar-refractivity contribution in [3.05, 3.63) is 53.3 Å². The summed E-state index contributed by atoms with van der Waals surface area (Å²) in [6, 6.07) is 8.41. The average molecular weight is 352 g/mol. The van der Waals surface area contributed by atoms with Crippen LogP contribution in [0, 0.1) is 6.92 Å². The van der Waals surface area contributed by atoms with Gasteiger partial charge in [-0.25, -0.2) is 0 Å². The van der Waals surface area contributed by atoms with Crippen molar-refractivity contribution in [2.45, 2.75) is 25.2 Å². The Morgan fingerprint density at radius 2 is 2.00 bits per heavy atom. The summed E-state index contributed by atoms with van der Waals surface area (Å²) in [7, 11) is 3.86. The lowest BCUT2D eigenvalue weighted by atomic mass is 9.80. The highest BCUT2D eigenvalue weighted by Crippen LogP contribution is 2.44. The maximum absolute atomic E-state index is 12.5. The van der Waals surface area contributed by atoms with Crippen LogP contribution in [0.25, 0.3) is 0 Å². The van der Waals surface area contributed by atoms with Gasteiger partial charge in [0.2, 0.25) is 0 Å². The van der Waals surface area contributed by atoms with Crippen molar-refractivity contribution < 1.29 is 22.6 Å². The van der Waals surface area contributed by atoms with Gasteiger partial charge in [-0.15, -0.1) is 13.2 Å². The van der Waals surface area contributed by atoms with Gasteiger partial charge in [0.15, 0.2) is 0 Å². The normalized spacial score (nSPS) is 20.1. The van der Waals surface area contributed by atoms with Gasteiger partial charge >= 0.3 is 6.36 Å². The van der Waals surface area contributed by atoms with Gasteiger partial charge in [-0.05, 0) is 50.3 Å². The first-order chi connectivity index (χ1) is 11.7. The third-order valence-electron chi connectivity index (χ3n) is 4.53. The molecule has 0 spiro atoms. The molecular weight excluding hydrogens is 333 g/mol. The summed E-state index contributed by atoms with van der Waals surface area (Å²) in [5.74, 6) is 0.495. The molecule has 1 atom stereocenters. The number of halogens is 3. The number of fused-ring (bicyclic) bond motifs is 1. The zero-order chi connectivity index (χ0) is 18.2. The number of alkyl halides is 3. The second-order valence-electron chi connectivity index (χ2n) is 6.23. The Hall–Kier alpha value is -2.28. The number of aryl methyl sites for hydroxylation is 1. The third-order valence-corrected chi connectivity index (χ3v) is 4.53. The van der Waals surface area contributed by atoms with Crippen molar-refractivity contribution in [2.75, 3.05) is 20.7 Å². The summed E-state index contributed by atoms with van der Waals surface area (Å²) in [5, 5.41) is 0. The molecule has 3 rings (SSSR count). The van der Waals surface area contributed by atoms with E-state index in [1.807, 2.05) is 25.1 Å². The van der Waals surface area contributed by atoms with Crippen LogP contribution in [0.5, 0.6) is 11.5 Å². The van der Waals surface area contributed by atoms with E-state index in [2.05, 4.69) is 9.72 Å². The zero-order valence-electron chi connectivity index (χ0n) is 14.2. The molecule has 25 heavy (non-hydrogen) atoms. The molecule has 1 unspecified atom stereocenters. The summed E-state index contributed by atoms with van der Waals surface area (Å²) in [6.07, 6.45) is -2.37. The fraction of sp³-hybridized carbons (Fsp3) is 0.389. The summed E-state index contributed by atoms with van der Waals surface area (Å²) >= 11 is 0.